The number of allylic oxidation sites excluding steroid dienone is 18. The molecule has 0 aromatic heterocycles. The fourth-order valence-electron chi connectivity index (χ4n) is 5.22. The van der Waals surface area contributed by atoms with Crippen LogP contribution in [-0.2, 0) is 32.7 Å². The maximum atomic E-state index is 12.6. The van der Waals surface area contributed by atoms with Crippen LogP contribution in [0.15, 0.2) is 109 Å². The van der Waals surface area contributed by atoms with E-state index in [1.165, 1.54) is 19.3 Å². The number of carboxylic acids is 1. The van der Waals surface area contributed by atoms with Gasteiger partial charge in [0.15, 0.2) is 0 Å². The second-order valence-electron chi connectivity index (χ2n) is 14.1. The number of carboxylic acid groups (broad SMARTS) is 1. The van der Waals surface area contributed by atoms with Crippen molar-refractivity contribution < 1.29 is 42.7 Å². The minimum Gasteiger partial charge on any atom is -0.480 e. The van der Waals surface area contributed by atoms with Gasteiger partial charge >= 0.3 is 19.8 Å². The number of hydrogen-bond donors (Lipinski definition) is 3. The van der Waals surface area contributed by atoms with Crippen molar-refractivity contribution in [2.75, 3.05) is 26.4 Å². The number of unbranched alkanes of at least 4 members (excludes halogenated alkanes) is 8. The molecule has 4 N–H and O–H groups in total. The van der Waals surface area contributed by atoms with Crippen LogP contribution in [0.2, 0.25) is 0 Å². The topological polar surface area (TPSA) is 155 Å². The maximum Gasteiger partial charge on any atom is 0.472 e. The lowest BCUT2D eigenvalue weighted by Gasteiger charge is -2.20. The Labute approximate surface area is 357 Å². The summed E-state index contributed by atoms with van der Waals surface area (Å²) in [5, 5.41) is 8.90. The van der Waals surface area contributed by atoms with Crippen molar-refractivity contribution in [2.45, 2.75) is 154 Å². The predicted octanol–water partition coefficient (Wildman–Crippen LogP) is 12.3. The zero-order valence-corrected chi connectivity index (χ0v) is 37.2. The molecule has 0 aliphatic rings. The highest BCUT2D eigenvalue weighted by Crippen LogP contribution is 2.43. The molecular weight excluding hydrogens is 765 g/mol. The highest BCUT2D eigenvalue weighted by Gasteiger charge is 2.27. The number of esters is 1. The molecule has 3 unspecified atom stereocenters. The van der Waals surface area contributed by atoms with E-state index in [2.05, 4.69) is 123 Å². The van der Waals surface area contributed by atoms with Crippen LogP contribution in [0, 0.1) is 0 Å². The molecule has 0 heterocycles. The first kappa shape index (κ1) is 55.6. The van der Waals surface area contributed by atoms with E-state index in [0.717, 1.165) is 96.3 Å². The molecule has 0 aromatic rings. The third-order valence-corrected chi connectivity index (χ3v) is 9.50. The molecule has 10 nitrogen and oxygen atoms in total. The van der Waals surface area contributed by atoms with Gasteiger partial charge < -0.3 is 25.2 Å². The van der Waals surface area contributed by atoms with Crippen molar-refractivity contribution in [3.8, 4) is 0 Å². The molecule has 334 valence electrons. The standard InChI is InChI=1S/C48H78NO9P/c1-3-5-7-9-11-13-15-17-19-21-22-23-25-27-29-31-33-35-37-39-41-55-42-45(43-56-59(53,54)57-44-46(49)48(51)52)58-47(50)40-38-36-34-32-30-28-26-24-20-18-16-14-12-10-8-6-4-2/h5-8,11-14,17-20,22-23,27,29,33,35,45-46H,3-4,9-10,15-16,21,24-26,28,30-32,34,36-44,49H2,1-2H3,(H,51,52)(H,53,54)/b7-5-,8-6-,13-11-,14-12-,19-17-,20-18-,23-22-,29-27-,35-33-. The van der Waals surface area contributed by atoms with Gasteiger partial charge in [-0.25, -0.2) is 4.57 Å². The molecular formula is C48H78NO9P. The molecule has 0 aliphatic heterocycles. The first-order valence-corrected chi connectivity index (χ1v) is 23.4. The zero-order valence-electron chi connectivity index (χ0n) is 36.3. The van der Waals surface area contributed by atoms with Gasteiger partial charge in [0.05, 0.1) is 19.8 Å². The summed E-state index contributed by atoms with van der Waals surface area (Å²) in [5.41, 5.74) is 5.35. The Morgan fingerprint density at radius 1 is 0.542 bits per heavy atom. The highest BCUT2D eigenvalue weighted by atomic mass is 31.2. The van der Waals surface area contributed by atoms with Gasteiger partial charge in [-0.15, -0.1) is 0 Å². The summed E-state index contributed by atoms with van der Waals surface area (Å²) in [6, 6.07) is -1.49. The Morgan fingerprint density at radius 3 is 1.39 bits per heavy atom. The van der Waals surface area contributed by atoms with Crippen molar-refractivity contribution in [3.05, 3.63) is 109 Å². The molecule has 59 heavy (non-hydrogen) atoms. The SMILES string of the molecule is CC/C=C\C/C=C\C/C=C\C/C=C\C/C=C\C/C=C\CCCOCC(COP(=O)(O)OCC(N)C(=O)O)OC(=O)CCCCCCCCC/C=C\C/C=C\C/C=C\CC. The number of ether oxygens (including phenoxy) is 2. The number of carbonyl (C=O) groups is 2. The van der Waals surface area contributed by atoms with Gasteiger partial charge in [0, 0.05) is 13.0 Å². The average molecular weight is 844 g/mol. The summed E-state index contributed by atoms with van der Waals surface area (Å²) in [6.07, 6.45) is 57.2. The van der Waals surface area contributed by atoms with Gasteiger partial charge in [-0.1, -0.05) is 155 Å². The molecule has 0 radical (unpaired) electrons. The van der Waals surface area contributed by atoms with Gasteiger partial charge in [-0.05, 0) is 89.9 Å². The molecule has 3 atom stereocenters. The first-order valence-electron chi connectivity index (χ1n) is 21.9. The summed E-state index contributed by atoms with van der Waals surface area (Å²) in [4.78, 5) is 33.6. The Hall–Kier alpha value is -3.37. The maximum absolute atomic E-state index is 12.6. The van der Waals surface area contributed by atoms with Crippen LogP contribution in [0.3, 0.4) is 0 Å². The fraction of sp³-hybridized carbons (Fsp3) is 0.583. The quantitative estimate of drug-likeness (QED) is 0.0235. The van der Waals surface area contributed by atoms with Crippen LogP contribution in [0.25, 0.3) is 0 Å². The molecule has 0 spiro atoms. The molecule has 0 aromatic carbocycles. The van der Waals surface area contributed by atoms with Crippen molar-refractivity contribution >= 4 is 19.8 Å². The number of phosphoric ester groups is 1. The van der Waals surface area contributed by atoms with Crippen molar-refractivity contribution in [2.24, 2.45) is 5.73 Å². The summed E-state index contributed by atoms with van der Waals surface area (Å²) in [5.74, 6) is -1.83. The summed E-state index contributed by atoms with van der Waals surface area (Å²) in [7, 11) is -4.64. The number of carbonyl (C=O) groups excluding carboxylic acids is 1. The summed E-state index contributed by atoms with van der Waals surface area (Å²) in [6.45, 7) is 3.46. The molecule has 0 bridgehead atoms. The Balaban J connectivity index is 4.39. The van der Waals surface area contributed by atoms with E-state index >= 15 is 0 Å². The molecule has 0 fully saturated rings. The second kappa shape index (κ2) is 42.7. The fourth-order valence-corrected chi connectivity index (χ4v) is 6.00. The van der Waals surface area contributed by atoms with E-state index in [9.17, 15) is 19.0 Å². The summed E-state index contributed by atoms with van der Waals surface area (Å²) < 4.78 is 33.3. The van der Waals surface area contributed by atoms with Gasteiger partial charge in [0.25, 0.3) is 0 Å². The number of aliphatic carboxylic acids is 1. The smallest absolute Gasteiger partial charge is 0.472 e. The third kappa shape index (κ3) is 42.6. The van der Waals surface area contributed by atoms with Gasteiger partial charge in [-0.2, -0.15) is 0 Å². The van der Waals surface area contributed by atoms with Crippen molar-refractivity contribution in [1.29, 1.82) is 0 Å². The van der Waals surface area contributed by atoms with E-state index in [1.54, 1.807) is 0 Å². The Morgan fingerprint density at radius 2 is 0.932 bits per heavy atom. The second-order valence-corrected chi connectivity index (χ2v) is 15.5. The predicted molar refractivity (Wildman–Crippen MR) is 244 cm³/mol. The lowest BCUT2D eigenvalue weighted by atomic mass is 10.1. The lowest BCUT2D eigenvalue weighted by Crippen LogP contribution is -2.34. The normalized spacial score (nSPS) is 14.9. The molecule has 0 amide bonds. The minimum absolute atomic E-state index is 0.0351. The molecule has 0 rings (SSSR count). The molecule has 0 saturated heterocycles. The van der Waals surface area contributed by atoms with Gasteiger partial charge in [0.2, 0.25) is 0 Å². The van der Waals surface area contributed by atoms with Crippen LogP contribution >= 0.6 is 7.82 Å². The first-order chi connectivity index (χ1) is 28.7. The van der Waals surface area contributed by atoms with Gasteiger partial charge in [0.1, 0.15) is 12.1 Å². The number of nitrogens with two attached hydrogens (primary N) is 1. The summed E-state index contributed by atoms with van der Waals surface area (Å²) >= 11 is 0. The third-order valence-electron chi connectivity index (χ3n) is 8.55. The van der Waals surface area contributed by atoms with E-state index in [0.29, 0.717) is 13.0 Å². The average Bonchev–Trinajstić information content (AvgIpc) is 3.21. The lowest BCUT2D eigenvalue weighted by molar-refractivity contribution is -0.154. The molecule has 11 heteroatoms. The van der Waals surface area contributed by atoms with Crippen LogP contribution in [-0.4, -0.2) is 60.5 Å². The largest absolute Gasteiger partial charge is 0.480 e. The van der Waals surface area contributed by atoms with Crippen LogP contribution in [0.4, 0.5) is 0 Å². The van der Waals surface area contributed by atoms with Crippen molar-refractivity contribution in [3.63, 3.8) is 0 Å². The van der Waals surface area contributed by atoms with E-state index in [-0.39, 0.29) is 13.0 Å². The van der Waals surface area contributed by atoms with Crippen LogP contribution < -0.4 is 5.73 Å². The zero-order chi connectivity index (χ0) is 43.3. The van der Waals surface area contributed by atoms with Crippen LogP contribution in [0.1, 0.15) is 142 Å². The Kier molecular flexibility index (Phi) is 40.3. The van der Waals surface area contributed by atoms with E-state index in [4.69, 9.17) is 29.4 Å². The monoisotopic (exact) mass is 844 g/mol. The van der Waals surface area contributed by atoms with Crippen molar-refractivity contribution in [1.82, 2.24) is 0 Å². The number of hydrogen-bond acceptors (Lipinski definition) is 8. The highest BCUT2D eigenvalue weighted by molar-refractivity contribution is 7.47. The Bertz CT molecular complexity index is 1350. The number of phosphoric acid groups is 1. The van der Waals surface area contributed by atoms with E-state index in [1.807, 2.05) is 0 Å². The van der Waals surface area contributed by atoms with E-state index < -0.39 is 45.1 Å². The molecule has 0 saturated carbocycles. The number of rotatable bonds is 40. The van der Waals surface area contributed by atoms with Crippen LogP contribution in [0.5, 0.6) is 0 Å². The minimum atomic E-state index is -4.64. The molecule has 0 aliphatic carbocycles. The van der Waals surface area contributed by atoms with Gasteiger partial charge in [-0.3, -0.25) is 18.6 Å².